The summed E-state index contributed by atoms with van der Waals surface area (Å²) in [5.41, 5.74) is 0.279. The Kier molecular flexibility index (Phi) is 4.26. The van der Waals surface area contributed by atoms with Crippen LogP contribution in [0.1, 0.15) is 32.7 Å². The zero-order valence-corrected chi connectivity index (χ0v) is 12.5. The predicted molar refractivity (Wildman–Crippen MR) is 79.3 cm³/mol. The van der Waals surface area contributed by atoms with Crippen molar-refractivity contribution >= 4 is 0 Å². The highest BCUT2D eigenvalue weighted by atomic mass is 16.4. The number of rotatable bonds is 5. The second-order valence-electron chi connectivity index (χ2n) is 5.83. The van der Waals surface area contributed by atoms with Gasteiger partial charge in [-0.15, -0.1) is 0 Å². The van der Waals surface area contributed by atoms with Crippen molar-refractivity contribution in [1.29, 1.82) is 0 Å². The molecule has 4 heteroatoms. The maximum Gasteiger partial charge on any atom is 0.211 e. The van der Waals surface area contributed by atoms with Crippen LogP contribution in [0, 0.1) is 0 Å². The van der Waals surface area contributed by atoms with Gasteiger partial charge in [0.15, 0.2) is 5.76 Å². The Hall–Kier alpha value is -1.65. The summed E-state index contributed by atoms with van der Waals surface area (Å²) in [4.78, 5) is 6.38. The topological polar surface area (TPSA) is 49.5 Å². The predicted octanol–water partition coefficient (Wildman–Crippen LogP) is 3.11. The van der Waals surface area contributed by atoms with Gasteiger partial charge in [-0.2, -0.15) is 0 Å². The molecule has 0 saturated heterocycles. The number of benzene rings is 1. The third-order valence-electron chi connectivity index (χ3n) is 3.24. The average Bonchev–Trinajstić information content (AvgIpc) is 2.86. The molecule has 1 aromatic carbocycles. The Labute approximate surface area is 120 Å². The lowest BCUT2D eigenvalue weighted by Crippen LogP contribution is -2.37. The molecule has 1 unspecified atom stereocenters. The SMILES string of the molecule is CC(c1ncc(-c2ccccc2)o1)N(C)CC(C)(C)O. The molecule has 0 radical (unpaired) electrons. The first-order valence-electron chi connectivity index (χ1n) is 6.80. The van der Waals surface area contributed by atoms with Gasteiger partial charge in [-0.05, 0) is 27.8 Å². The lowest BCUT2D eigenvalue weighted by atomic mass is 10.1. The Morgan fingerprint density at radius 1 is 1.30 bits per heavy atom. The number of aliphatic hydroxyl groups is 1. The van der Waals surface area contributed by atoms with E-state index in [0.29, 0.717) is 12.4 Å². The molecule has 1 aromatic heterocycles. The number of likely N-dealkylation sites (N-methyl/N-ethyl adjacent to an activating group) is 1. The van der Waals surface area contributed by atoms with Crippen LogP contribution in [0.15, 0.2) is 40.9 Å². The first kappa shape index (κ1) is 14.8. The van der Waals surface area contributed by atoms with Gasteiger partial charge in [0.2, 0.25) is 5.89 Å². The molecule has 4 nitrogen and oxygen atoms in total. The Balaban J connectivity index is 2.12. The van der Waals surface area contributed by atoms with Gasteiger partial charge in [0.05, 0.1) is 17.8 Å². The lowest BCUT2D eigenvalue weighted by Gasteiger charge is -2.28. The molecule has 0 bridgehead atoms. The fraction of sp³-hybridized carbons (Fsp3) is 0.438. The van der Waals surface area contributed by atoms with Gasteiger partial charge < -0.3 is 9.52 Å². The Morgan fingerprint density at radius 2 is 1.95 bits per heavy atom. The molecule has 2 aromatic rings. The van der Waals surface area contributed by atoms with E-state index in [0.717, 1.165) is 11.3 Å². The number of aromatic nitrogens is 1. The average molecular weight is 274 g/mol. The minimum absolute atomic E-state index is 0.0129. The maximum absolute atomic E-state index is 9.87. The highest BCUT2D eigenvalue weighted by molar-refractivity contribution is 5.55. The molecule has 20 heavy (non-hydrogen) atoms. The van der Waals surface area contributed by atoms with Crippen molar-refractivity contribution in [3.63, 3.8) is 0 Å². The van der Waals surface area contributed by atoms with E-state index in [1.54, 1.807) is 20.0 Å². The zero-order chi connectivity index (χ0) is 14.8. The number of hydrogen-bond donors (Lipinski definition) is 1. The molecule has 0 fully saturated rings. The van der Waals surface area contributed by atoms with Crippen molar-refractivity contribution in [2.45, 2.75) is 32.4 Å². The van der Waals surface area contributed by atoms with Gasteiger partial charge in [-0.25, -0.2) is 4.98 Å². The molecule has 1 atom stereocenters. The third kappa shape index (κ3) is 3.68. The van der Waals surface area contributed by atoms with E-state index >= 15 is 0 Å². The molecule has 0 aliphatic heterocycles. The molecule has 0 aliphatic rings. The zero-order valence-electron chi connectivity index (χ0n) is 12.5. The molecular formula is C16H22N2O2. The molecule has 108 valence electrons. The third-order valence-corrected chi connectivity index (χ3v) is 3.24. The van der Waals surface area contributed by atoms with Gasteiger partial charge in [-0.1, -0.05) is 30.3 Å². The second kappa shape index (κ2) is 5.77. The summed E-state index contributed by atoms with van der Waals surface area (Å²) in [5, 5.41) is 9.87. The van der Waals surface area contributed by atoms with Crippen LogP contribution in [0.4, 0.5) is 0 Å². The molecular weight excluding hydrogens is 252 g/mol. The quantitative estimate of drug-likeness (QED) is 0.910. The lowest BCUT2D eigenvalue weighted by molar-refractivity contribution is 0.0299. The van der Waals surface area contributed by atoms with Crippen molar-refractivity contribution in [2.75, 3.05) is 13.6 Å². The summed E-state index contributed by atoms with van der Waals surface area (Å²) >= 11 is 0. The standard InChI is InChI=1S/C16H22N2O2/c1-12(18(4)11-16(2,3)19)15-17-10-14(20-15)13-8-6-5-7-9-13/h5-10,12,19H,11H2,1-4H3. The molecule has 1 N–H and O–H groups in total. The minimum atomic E-state index is -0.738. The molecule has 0 spiro atoms. The van der Waals surface area contributed by atoms with Crippen LogP contribution in [0.5, 0.6) is 0 Å². The highest BCUT2D eigenvalue weighted by Gasteiger charge is 2.23. The monoisotopic (exact) mass is 274 g/mol. The van der Waals surface area contributed by atoms with Gasteiger partial charge >= 0.3 is 0 Å². The van der Waals surface area contributed by atoms with Crippen LogP contribution >= 0.6 is 0 Å². The molecule has 2 rings (SSSR count). The molecule has 0 amide bonds. The fourth-order valence-electron chi connectivity index (χ4n) is 2.15. The summed E-state index contributed by atoms with van der Waals surface area (Å²) < 4.78 is 5.83. The smallest absolute Gasteiger partial charge is 0.211 e. The van der Waals surface area contributed by atoms with Crippen LogP contribution in [0.25, 0.3) is 11.3 Å². The van der Waals surface area contributed by atoms with Gasteiger partial charge in [-0.3, -0.25) is 4.90 Å². The van der Waals surface area contributed by atoms with E-state index in [1.807, 2.05) is 49.2 Å². The van der Waals surface area contributed by atoms with E-state index in [9.17, 15) is 5.11 Å². The van der Waals surface area contributed by atoms with Crippen molar-refractivity contribution in [3.05, 3.63) is 42.4 Å². The Morgan fingerprint density at radius 3 is 2.55 bits per heavy atom. The maximum atomic E-state index is 9.87. The molecule has 0 aliphatic carbocycles. The van der Waals surface area contributed by atoms with E-state index in [-0.39, 0.29) is 6.04 Å². The number of nitrogens with zero attached hydrogens (tertiary/aromatic N) is 2. The first-order chi connectivity index (χ1) is 9.37. The van der Waals surface area contributed by atoms with Crippen LogP contribution in [-0.2, 0) is 0 Å². The van der Waals surface area contributed by atoms with Gasteiger partial charge in [0, 0.05) is 12.1 Å². The second-order valence-corrected chi connectivity index (χ2v) is 5.83. The van der Waals surface area contributed by atoms with Crippen LogP contribution < -0.4 is 0 Å². The van der Waals surface area contributed by atoms with Gasteiger partial charge in [0.25, 0.3) is 0 Å². The normalized spacial score (nSPS) is 13.7. The first-order valence-corrected chi connectivity index (χ1v) is 6.80. The van der Waals surface area contributed by atoms with E-state index in [1.165, 1.54) is 0 Å². The minimum Gasteiger partial charge on any atom is -0.439 e. The van der Waals surface area contributed by atoms with Crippen molar-refractivity contribution in [2.24, 2.45) is 0 Å². The Bertz CT molecular complexity index is 543. The van der Waals surface area contributed by atoms with Crippen LogP contribution in [-0.4, -0.2) is 34.2 Å². The molecule has 1 heterocycles. The summed E-state index contributed by atoms with van der Waals surface area (Å²) in [6, 6.07) is 9.92. The van der Waals surface area contributed by atoms with Crippen molar-refractivity contribution in [3.8, 4) is 11.3 Å². The largest absolute Gasteiger partial charge is 0.439 e. The fourth-order valence-corrected chi connectivity index (χ4v) is 2.15. The van der Waals surface area contributed by atoms with E-state index in [4.69, 9.17) is 4.42 Å². The van der Waals surface area contributed by atoms with E-state index < -0.39 is 5.60 Å². The number of hydrogen-bond acceptors (Lipinski definition) is 4. The summed E-state index contributed by atoms with van der Waals surface area (Å²) in [6.45, 7) is 6.16. The molecule has 0 saturated carbocycles. The summed E-state index contributed by atoms with van der Waals surface area (Å²) in [6.07, 6.45) is 1.75. The summed E-state index contributed by atoms with van der Waals surface area (Å²) in [7, 11) is 1.95. The van der Waals surface area contributed by atoms with Crippen molar-refractivity contribution in [1.82, 2.24) is 9.88 Å². The van der Waals surface area contributed by atoms with Crippen LogP contribution in [0.3, 0.4) is 0 Å². The summed E-state index contributed by atoms with van der Waals surface area (Å²) in [5.74, 6) is 1.43. The number of oxazole rings is 1. The van der Waals surface area contributed by atoms with Gasteiger partial charge in [0.1, 0.15) is 0 Å². The van der Waals surface area contributed by atoms with Crippen LogP contribution in [0.2, 0.25) is 0 Å². The van der Waals surface area contributed by atoms with Crippen molar-refractivity contribution < 1.29 is 9.52 Å². The van der Waals surface area contributed by atoms with E-state index in [2.05, 4.69) is 4.98 Å². The highest BCUT2D eigenvalue weighted by Crippen LogP contribution is 2.25.